The van der Waals surface area contributed by atoms with Crippen LogP contribution in [0.25, 0.3) is 93.2 Å². The lowest BCUT2D eigenvalue weighted by molar-refractivity contribution is 0.670. The van der Waals surface area contributed by atoms with Crippen LogP contribution in [0.4, 0.5) is 17.1 Å². The topological polar surface area (TPSA) is 21.3 Å². The number of furan rings is 1. The van der Waals surface area contributed by atoms with Crippen LogP contribution in [0, 0.1) is 0 Å². The lowest BCUT2D eigenvalue weighted by Crippen LogP contribution is -2.11. The van der Waals surface area contributed by atoms with Crippen LogP contribution in [-0.2, 0) is 0 Å². The summed E-state index contributed by atoms with van der Waals surface area (Å²) in [4.78, 5) is 2.45. The van der Waals surface area contributed by atoms with Gasteiger partial charge in [-0.15, -0.1) is 0 Å². The molecule has 0 saturated heterocycles. The van der Waals surface area contributed by atoms with Crippen molar-refractivity contribution in [1.82, 2.24) is 4.57 Å². The van der Waals surface area contributed by atoms with Crippen molar-refractivity contribution in [3.8, 4) is 27.9 Å². The van der Waals surface area contributed by atoms with Gasteiger partial charge in [-0.1, -0.05) is 152 Å². The summed E-state index contributed by atoms with van der Waals surface area (Å²) in [5, 5.41) is 9.41. The van der Waals surface area contributed by atoms with Crippen LogP contribution in [-0.4, -0.2) is 4.57 Å². The first-order valence-corrected chi connectivity index (χ1v) is 20.2. The van der Waals surface area contributed by atoms with E-state index >= 15 is 0 Å². The number of hydrogen-bond acceptors (Lipinski definition) is 2. The first-order chi connectivity index (χ1) is 29.3. The number of hydrogen-bond donors (Lipinski definition) is 0. The summed E-state index contributed by atoms with van der Waals surface area (Å²) < 4.78 is 9.34. The first-order valence-electron chi connectivity index (χ1n) is 20.2. The molecule has 0 aliphatic rings. The monoisotopic (exact) mass is 752 g/mol. The third-order valence-corrected chi connectivity index (χ3v) is 12.0. The number of para-hydroxylation sites is 3. The molecule has 3 nitrogen and oxygen atoms in total. The maximum Gasteiger partial charge on any atom is 0.145 e. The second kappa shape index (κ2) is 13.4. The Morgan fingerprint density at radius 3 is 1.88 bits per heavy atom. The number of rotatable bonds is 6. The van der Waals surface area contributed by atoms with Crippen LogP contribution in [0.5, 0.6) is 0 Å². The van der Waals surface area contributed by atoms with Crippen molar-refractivity contribution in [3.63, 3.8) is 0 Å². The molecule has 59 heavy (non-hydrogen) atoms. The maximum atomic E-state index is 6.95. The van der Waals surface area contributed by atoms with Crippen molar-refractivity contribution in [1.29, 1.82) is 0 Å². The van der Waals surface area contributed by atoms with Gasteiger partial charge in [0.15, 0.2) is 0 Å². The molecule has 0 aliphatic heterocycles. The van der Waals surface area contributed by atoms with Gasteiger partial charge in [-0.25, -0.2) is 0 Å². The molecule has 0 radical (unpaired) electrons. The Hall–Kier alpha value is -7.88. The minimum absolute atomic E-state index is 0.863. The van der Waals surface area contributed by atoms with Crippen molar-refractivity contribution in [3.05, 3.63) is 218 Å². The Morgan fingerprint density at radius 2 is 1.02 bits per heavy atom. The summed E-state index contributed by atoms with van der Waals surface area (Å²) >= 11 is 0. The zero-order valence-electron chi connectivity index (χ0n) is 32.1. The van der Waals surface area contributed by atoms with E-state index in [9.17, 15) is 0 Å². The van der Waals surface area contributed by atoms with E-state index in [2.05, 4.69) is 228 Å². The summed E-state index contributed by atoms with van der Waals surface area (Å²) in [6.45, 7) is 0. The largest absolute Gasteiger partial charge is 0.455 e. The van der Waals surface area contributed by atoms with E-state index in [-0.39, 0.29) is 0 Å². The van der Waals surface area contributed by atoms with Crippen LogP contribution in [0.15, 0.2) is 223 Å². The molecule has 2 aromatic heterocycles. The van der Waals surface area contributed by atoms with Crippen LogP contribution < -0.4 is 4.90 Å². The summed E-state index contributed by atoms with van der Waals surface area (Å²) in [5.74, 6) is 0. The molecule has 0 aliphatic carbocycles. The molecule has 276 valence electrons. The lowest BCUT2D eigenvalue weighted by atomic mass is 9.95. The van der Waals surface area contributed by atoms with Gasteiger partial charge in [0.1, 0.15) is 11.2 Å². The van der Waals surface area contributed by atoms with Gasteiger partial charge in [-0.05, 0) is 105 Å². The van der Waals surface area contributed by atoms with Gasteiger partial charge in [-0.2, -0.15) is 0 Å². The van der Waals surface area contributed by atoms with Crippen LogP contribution >= 0.6 is 0 Å². The SMILES string of the molecule is c1ccc(-n2c3ccccc3c3c(N(c4ccc(-c5ccc6ccccc6c5)cc4)c4ccc(-c5cccc6ccccc56)c5oc6ccccc6c45)cccc32)cc1. The van der Waals surface area contributed by atoms with Crippen molar-refractivity contribution < 1.29 is 4.42 Å². The molecule has 0 amide bonds. The highest BCUT2D eigenvalue weighted by Crippen LogP contribution is 2.50. The van der Waals surface area contributed by atoms with Gasteiger partial charge in [0.2, 0.25) is 0 Å². The highest BCUT2D eigenvalue weighted by atomic mass is 16.3. The normalized spacial score (nSPS) is 11.7. The highest BCUT2D eigenvalue weighted by molar-refractivity contribution is 6.21. The Bertz CT molecular complexity index is 3550. The fourth-order valence-corrected chi connectivity index (χ4v) is 9.29. The number of benzene rings is 10. The Balaban J connectivity index is 1.15. The molecule has 0 atom stereocenters. The summed E-state index contributed by atoms with van der Waals surface area (Å²) in [6, 6.07) is 78.7. The molecule has 0 unspecified atom stereocenters. The third-order valence-electron chi connectivity index (χ3n) is 12.0. The predicted molar refractivity (Wildman–Crippen MR) is 249 cm³/mol. The minimum Gasteiger partial charge on any atom is -0.455 e. The molecule has 0 N–H and O–H groups in total. The quantitative estimate of drug-likeness (QED) is 0.169. The van der Waals surface area contributed by atoms with Gasteiger partial charge >= 0.3 is 0 Å². The van der Waals surface area contributed by atoms with Crippen LogP contribution in [0.2, 0.25) is 0 Å². The van der Waals surface area contributed by atoms with Crippen molar-refractivity contribution in [2.75, 3.05) is 4.90 Å². The van der Waals surface area contributed by atoms with E-state index in [0.717, 1.165) is 66.8 Å². The maximum absolute atomic E-state index is 6.95. The van der Waals surface area contributed by atoms with E-state index in [1.807, 2.05) is 0 Å². The zero-order valence-corrected chi connectivity index (χ0v) is 32.1. The van der Waals surface area contributed by atoms with Crippen LogP contribution in [0.1, 0.15) is 0 Å². The van der Waals surface area contributed by atoms with E-state index < -0.39 is 0 Å². The van der Waals surface area contributed by atoms with Gasteiger partial charge in [-0.3, -0.25) is 0 Å². The molecular formula is C56H36N2O. The Kier molecular flexibility index (Phi) is 7.54. The lowest BCUT2D eigenvalue weighted by Gasteiger charge is -2.28. The third kappa shape index (κ3) is 5.29. The highest BCUT2D eigenvalue weighted by Gasteiger charge is 2.26. The molecule has 0 fully saturated rings. The van der Waals surface area contributed by atoms with Gasteiger partial charge < -0.3 is 13.9 Å². The molecule has 3 heteroatoms. The molecule has 0 saturated carbocycles. The Morgan fingerprint density at radius 1 is 0.373 bits per heavy atom. The van der Waals surface area contributed by atoms with E-state index in [1.165, 1.54) is 43.4 Å². The van der Waals surface area contributed by atoms with E-state index in [4.69, 9.17) is 4.42 Å². The molecule has 2 heterocycles. The summed E-state index contributed by atoms with van der Waals surface area (Å²) in [7, 11) is 0. The average molecular weight is 753 g/mol. The fourth-order valence-electron chi connectivity index (χ4n) is 9.29. The minimum atomic E-state index is 0.863. The molecule has 12 aromatic rings. The summed E-state index contributed by atoms with van der Waals surface area (Å²) in [5.41, 5.74) is 13.0. The fraction of sp³-hybridized carbons (Fsp3) is 0. The number of aromatic nitrogens is 1. The first kappa shape index (κ1) is 33.3. The predicted octanol–water partition coefficient (Wildman–Crippen LogP) is 15.8. The van der Waals surface area contributed by atoms with E-state index in [1.54, 1.807) is 0 Å². The van der Waals surface area contributed by atoms with Gasteiger partial charge in [0.05, 0.1) is 27.8 Å². The van der Waals surface area contributed by atoms with Crippen molar-refractivity contribution in [2.24, 2.45) is 0 Å². The summed E-state index contributed by atoms with van der Waals surface area (Å²) in [6.07, 6.45) is 0. The van der Waals surface area contributed by atoms with E-state index in [0.29, 0.717) is 0 Å². The number of nitrogens with zero attached hydrogens (tertiary/aromatic N) is 2. The molecule has 10 aromatic carbocycles. The molecule has 0 bridgehead atoms. The van der Waals surface area contributed by atoms with Crippen molar-refractivity contribution >= 4 is 82.4 Å². The van der Waals surface area contributed by atoms with Gasteiger partial charge in [0.25, 0.3) is 0 Å². The average Bonchev–Trinajstić information content (AvgIpc) is 3.87. The van der Waals surface area contributed by atoms with Crippen molar-refractivity contribution in [2.45, 2.75) is 0 Å². The van der Waals surface area contributed by atoms with Gasteiger partial charge in [0, 0.05) is 33.1 Å². The smallest absolute Gasteiger partial charge is 0.145 e. The molecule has 12 rings (SSSR count). The second-order valence-electron chi connectivity index (χ2n) is 15.3. The number of anilines is 3. The second-order valence-corrected chi connectivity index (χ2v) is 15.3. The molecule has 0 spiro atoms. The number of fused-ring (bicyclic) bond motifs is 8. The molecular weight excluding hydrogens is 717 g/mol. The Labute approximate surface area is 341 Å². The van der Waals surface area contributed by atoms with Crippen LogP contribution in [0.3, 0.4) is 0 Å². The zero-order chi connectivity index (χ0) is 38.9. The standard InChI is InChI=1S/C56H36N2O/c1-2-18-42(19-3-1)57-49-24-10-8-21-47(49)54-50(57)25-13-26-51(54)58(43-32-30-38(31-33-43)41-29-28-37-14-4-5-16-40(37)36-41)52-35-34-46(45-23-12-17-39-15-6-7-20-44(39)45)56-55(52)48-22-9-11-27-53(48)59-56/h1-36H.